The third kappa shape index (κ3) is 4.04. The Labute approximate surface area is 172 Å². The van der Waals surface area contributed by atoms with Crippen molar-refractivity contribution in [2.45, 2.75) is 24.8 Å². The van der Waals surface area contributed by atoms with Gasteiger partial charge >= 0.3 is 0 Å². The van der Waals surface area contributed by atoms with Crippen LogP contribution in [0.25, 0.3) is 23.0 Å². The average Bonchev–Trinajstić information content (AvgIpc) is 3.49. The number of rotatable bonds is 8. The minimum absolute atomic E-state index is 0.442. The summed E-state index contributed by atoms with van der Waals surface area (Å²) in [5.41, 5.74) is 2.24. The van der Waals surface area contributed by atoms with Crippen LogP contribution in [0, 0.1) is 0 Å². The van der Waals surface area contributed by atoms with Crippen LogP contribution in [-0.2, 0) is 12.8 Å². The van der Waals surface area contributed by atoms with Gasteiger partial charge in [0.05, 0.1) is 12.0 Å². The van der Waals surface area contributed by atoms with E-state index in [0.29, 0.717) is 23.2 Å². The number of hydrogen-bond donors (Lipinski definition) is 0. The van der Waals surface area contributed by atoms with Crippen molar-refractivity contribution < 1.29 is 8.94 Å². The van der Waals surface area contributed by atoms with E-state index in [-0.39, 0.29) is 0 Å². The van der Waals surface area contributed by atoms with E-state index in [2.05, 4.69) is 63.4 Å². The van der Waals surface area contributed by atoms with Crippen molar-refractivity contribution in [2.24, 2.45) is 7.05 Å². The minimum Gasteiger partial charge on any atom is -0.461 e. The maximum absolute atomic E-state index is 5.29. The standard InChI is InChI=1S/C20H22N6O2S/c1-4-26(5-2)15-10-8-14(9-11-15)19-22-23-20(25(19)3)29-13-17-21-18(24-28-17)16-7-6-12-27-16/h6-12H,4-5,13H2,1-3H3. The van der Waals surface area contributed by atoms with E-state index in [1.54, 1.807) is 18.4 Å². The summed E-state index contributed by atoms with van der Waals surface area (Å²) in [4.78, 5) is 6.66. The molecule has 1 aromatic carbocycles. The van der Waals surface area contributed by atoms with Crippen molar-refractivity contribution in [2.75, 3.05) is 18.0 Å². The van der Waals surface area contributed by atoms with Crippen LogP contribution in [0.4, 0.5) is 5.69 Å². The van der Waals surface area contributed by atoms with Gasteiger partial charge in [-0.3, -0.25) is 0 Å². The van der Waals surface area contributed by atoms with E-state index in [1.165, 1.54) is 17.4 Å². The van der Waals surface area contributed by atoms with Gasteiger partial charge in [0, 0.05) is 31.4 Å². The summed E-state index contributed by atoms with van der Waals surface area (Å²) >= 11 is 1.50. The van der Waals surface area contributed by atoms with Crippen molar-refractivity contribution >= 4 is 17.4 Å². The maximum Gasteiger partial charge on any atom is 0.238 e. The van der Waals surface area contributed by atoms with Crippen molar-refractivity contribution in [3.05, 3.63) is 48.6 Å². The van der Waals surface area contributed by atoms with Crippen molar-refractivity contribution in [1.82, 2.24) is 24.9 Å². The van der Waals surface area contributed by atoms with Gasteiger partial charge in [-0.05, 0) is 50.2 Å². The monoisotopic (exact) mass is 410 g/mol. The molecule has 4 rings (SSSR count). The largest absolute Gasteiger partial charge is 0.461 e. The topological polar surface area (TPSA) is 86.0 Å². The van der Waals surface area contributed by atoms with E-state index in [1.807, 2.05) is 11.6 Å². The smallest absolute Gasteiger partial charge is 0.238 e. The SMILES string of the molecule is CCN(CC)c1ccc(-c2nnc(SCc3nc(-c4ccco4)no3)n2C)cc1. The van der Waals surface area contributed by atoms with Crippen LogP contribution in [0.2, 0.25) is 0 Å². The molecule has 0 saturated heterocycles. The summed E-state index contributed by atoms with van der Waals surface area (Å²) in [6, 6.07) is 12.0. The lowest BCUT2D eigenvalue weighted by Crippen LogP contribution is -2.21. The lowest BCUT2D eigenvalue weighted by Gasteiger charge is -2.21. The number of furan rings is 1. The molecule has 3 aromatic heterocycles. The van der Waals surface area contributed by atoms with Crippen LogP contribution < -0.4 is 4.90 Å². The molecule has 0 aliphatic heterocycles. The fourth-order valence-electron chi connectivity index (χ4n) is 3.05. The molecule has 0 radical (unpaired) electrons. The molecule has 29 heavy (non-hydrogen) atoms. The van der Waals surface area contributed by atoms with Crippen molar-refractivity contribution in [3.8, 4) is 23.0 Å². The molecule has 0 amide bonds. The first-order valence-electron chi connectivity index (χ1n) is 9.43. The molecule has 0 unspecified atom stereocenters. The first kappa shape index (κ1) is 19.3. The number of anilines is 1. The highest BCUT2D eigenvalue weighted by Crippen LogP contribution is 2.27. The molecule has 3 heterocycles. The molecule has 0 aliphatic carbocycles. The summed E-state index contributed by atoms with van der Waals surface area (Å²) in [6.45, 7) is 6.28. The van der Waals surface area contributed by atoms with Gasteiger partial charge in [0.1, 0.15) is 0 Å². The molecular weight excluding hydrogens is 388 g/mol. The Morgan fingerprint density at radius 3 is 2.55 bits per heavy atom. The van der Waals surface area contributed by atoms with Crippen LogP contribution in [0.5, 0.6) is 0 Å². The molecule has 0 spiro atoms. The number of thioether (sulfide) groups is 1. The predicted octanol–water partition coefficient (Wildman–Crippen LogP) is 4.26. The molecule has 0 bridgehead atoms. The molecule has 0 fully saturated rings. The summed E-state index contributed by atoms with van der Waals surface area (Å²) < 4.78 is 12.6. The van der Waals surface area contributed by atoms with Crippen LogP contribution in [0.15, 0.2) is 56.8 Å². The number of benzene rings is 1. The van der Waals surface area contributed by atoms with E-state index in [4.69, 9.17) is 8.94 Å². The second-order valence-corrected chi connectivity index (χ2v) is 7.30. The van der Waals surface area contributed by atoms with Gasteiger partial charge in [-0.1, -0.05) is 16.9 Å². The Morgan fingerprint density at radius 1 is 1.07 bits per heavy atom. The molecule has 8 nitrogen and oxygen atoms in total. The van der Waals surface area contributed by atoms with Crippen LogP contribution >= 0.6 is 11.8 Å². The Kier molecular flexibility index (Phi) is 5.66. The van der Waals surface area contributed by atoms with Gasteiger partial charge in [0.2, 0.25) is 11.7 Å². The summed E-state index contributed by atoms with van der Waals surface area (Å²) in [6.07, 6.45) is 1.58. The Morgan fingerprint density at radius 2 is 1.86 bits per heavy atom. The molecule has 9 heteroatoms. The Hall–Kier alpha value is -3.07. The fraction of sp³-hybridized carbons (Fsp3) is 0.300. The van der Waals surface area contributed by atoms with Gasteiger partial charge in [-0.15, -0.1) is 10.2 Å². The second kappa shape index (κ2) is 8.52. The zero-order valence-corrected chi connectivity index (χ0v) is 17.4. The van der Waals surface area contributed by atoms with Crippen molar-refractivity contribution in [3.63, 3.8) is 0 Å². The normalized spacial score (nSPS) is 11.1. The lowest BCUT2D eigenvalue weighted by atomic mass is 10.2. The van der Waals surface area contributed by atoms with Gasteiger partial charge in [0.25, 0.3) is 0 Å². The molecule has 150 valence electrons. The highest BCUT2D eigenvalue weighted by atomic mass is 32.2. The van der Waals surface area contributed by atoms with Gasteiger partial charge in [-0.2, -0.15) is 4.98 Å². The molecular formula is C20H22N6O2S. The minimum atomic E-state index is 0.442. The van der Waals surface area contributed by atoms with Gasteiger partial charge in [0.15, 0.2) is 16.7 Å². The molecule has 0 N–H and O–H groups in total. The maximum atomic E-state index is 5.29. The highest BCUT2D eigenvalue weighted by molar-refractivity contribution is 7.98. The highest BCUT2D eigenvalue weighted by Gasteiger charge is 2.15. The average molecular weight is 411 g/mol. The number of aromatic nitrogens is 5. The quantitative estimate of drug-likeness (QED) is 0.398. The molecule has 0 saturated carbocycles. The third-order valence-corrected chi connectivity index (χ3v) is 5.63. The second-order valence-electron chi connectivity index (χ2n) is 6.36. The zero-order valence-electron chi connectivity index (χ0n) is 16.6. The van der Waals surface area contributed by atoms with Gasteiger partial charge < -0.3 is 18.4 Å². The van der Waals surface area contributed by atoms with Gasteiger partial charge in [-0.25, -0.2) is 0 Å². The molecule has 0 atom stereocenters. The first-order chi connectivity index (χ1) is 14.2. The third-order valence-electron chi connectivity index (χ3n) is 4.62. The Bertz CT molecular complexity index is 1050. The van der Waals surface area contributed by atoms with Crippen LogP contribution in [0.3, 0.4) is 0 Å². The van der Waals surface area contributed by atoms with Crippen LogP contribution in [0.1, 0.15) is 19.7 Å². The first-order valence-corrected chi connectivity index (χ1v) is 10.4. The van der Waals surface area contributed by atoms with E-state index >= 15 is 0 Å². The van der Waals surface area contributed by atoms with E-state index < -0.39 is 0 Å². The fourth-order valence-corrected chi connectivity index (χ4v) is 3.80. The van der Waals surface area contributed by atoms with E-state index in [9.17, 15) is 0 Å². The number of hydrogen-bond acceptors (Lipinski definition) is 8. The summed E-state index contributed by atoms with van der Waals surface area (Å²) in [7, 11) is 1.96. The Balaban J connectivity index is 1.45. The van der Waals surface area contributed by atoms with E-state index in [0.717, 1.165) is 29.6 Å². The summed E-state index contributed by atoms with van der Waals surface area (Å²) in [5, 5.41) is 13.4. The summed E-state index contributed by atoms with van der Waals surface area (Å²) in [5.74, 6) is 2.85. The van der Waals surface area contributed by atoms with Crippen LogP contribution in [-0.4, -0.2) is 38.0 Å². The molecule has 4 aromatic rings. The zero-order chi connectivity index (χ0) is 20.2. The predicted molar refractivity (Wildman–Crippen MR) is 112 cm³/mol. The van der Waals surface area contributed by atoms with Crippen molar-refractivity contribution in [1.29, 1.82) is 0 Å². The lowest BCUT2D eigenvalue weighted by molar-refractivity contribution is 0.390. The number of nitrogens with zero attached hydrogens (tertiary/aromatic N) is 6. The molecule has 0 aliphatic rings.